The summed E-state index contributed by atoms with van der Waals surface area (Å²) in [6.07, 6.45) is 0.382. The zero-order valence-electron chi connectivity index (χ0n) is 16.1. The van der Waals surface area contributed by atoms with Crippen LogP contribution in [0.2, 0.25) is 15.1 Å². The second kappa shape index (κ2) is 9.21. The van der Waals surface area contributed by atoms with Crippen molar-refractivity contribution in [1.82, 2.24) is 15.1 Å². The van der Waals surface area contributed by atoms with Crippen LogP contribution < -0.4 is 4.90 Å². The highest BCUT2D eigenvalue weighted by Gasteiger charge is 2.22. The van der Waals surface area contributed by atoms with E-state index in [9.17, 15) is 4.79 Å². The van der Waals surface area contributed by atoms with Crippen molar-refractivity contribution >= 4 is 46.5 Å². The maximum Gasteiger partial charge on any atom is 0.227 e. The standard InChI is InChI=1S/C22H19Cl3N4O/c23-16-3-1-15(2-4-16)13-22(30)29-11-9-28(10-12-29)21-8-7-20(26-27-21)18-6-5-17(24)14-19(18)25/h1-8,14H,9-13H2. The molecule has 0 atom stereocenters. The smallest absolute Gasteiger partial charge is 0.227 e. The van der Waals surface area contributed by atoms with E-state index in [4.69, 9.17) is 34.8 Å². The first-order valence-corrected chi connectivity index (χ1v) is 10.7. The molecule has 3 aromatic rings. The van der Waals surface area contributed by atoms with Crippen molar-refractivity contribution in [3.63, 3.8) is 0 Å². The molecule has 0 unspecified atom stereocenters. The van der Waals surface area contributed by atoms with Crippen LogP contribution in [0.3, 0.4) is 0 Å². The molecular formula is C22H19Cl3N4O. The molecule has 154 valence electrons. The molecule has 2 heterocycles. The average molecular weight is 462 g/mol. The Morgan fingerprint density at radius 3 is 2.17 bits per heavy atom. The van der Waals surface area contributed by atoms with E-state index >= 15 is 0 Å². The van der Waals surface area contributed by atoms with Gasteiger partial charge in [-0.05, 0) is 48.0 Å². The fourth-order valence-corrected chi connectivity index (χ4v) is 4.04. The van der Waals surface area contributed by atoms with Crippen molar-refractivity contribution in [3.05, 3.63) is 75.2 Å². The molecular weight excluding hydrogens is 443 g/mol. The van der Waals surface area contributed by atoms with Crippen LogP contribution in [0.1, 0.15) is 5.56 Å². The molecule has 1 aliphatic rings. The molecule has 30 heavy (non-hydrogen) atoms. The van der Waals surface area contributed by atoms with Crippen molar-refractivity contribution in [2.24, 2.45) is 0 Å². The first-order chi connectivity index (χ1) is 14.5. The summed E-state index contributed by atoms with van der Waals surface area (Å²) in [5.41, 5.74) is 2.45. The topological polar surface area (TPSA) is 49.3 Å². The van der Waals surface area contributed by atoms with Crippen molar-refractivity contribution in [2.75, 3.05) is 31.1 Å². The van der Waals surface area contributed by atoms with Crippen LogP contribution in [0.15, 0.2) is 54.6 Å². The number of amides is 1. The number of rotatable bonds is 4. The van der Waals surface area contributed by atoms with Crippen molar-refractivity contribution < 1.29 is 4.79 Å². The Morgan fingerprint density at radius 1 is 0.833 bits per heavy atom. The minimum Gasteiger partial charge on any atom is -0.352 e. The predicted octanol–water partition coefficient (Wildman–Crippen LogP) is 5.00. The molecule has 0 radical (unpaired) electrons. The summed E-state index contributed by atoms with van der Waals surface area (Å²) in [5.74, 6) is 0.907. The zero-order chi connectivity index (χ0) is 21.1. The van der Waals surface area contributed by atoms with Crippen molar-refractivity contribution in [1.29, 1.82) is 0 Å². The van der Waals surface area contributed by atoms with Gasteiger partial charge in [0.05, 0.1) is 17.1 Å². The molecule has 1 aromatic heterocycles. The van der Waals surface area contributed by atoms with Crippen LogP contribution in [0, 0.1) is 0 Å². The Balaban J connectivity index is 1.35. The van der Waals surface area contributed by atoms with Crippen LogP contribution >= 0.6 is 34.8 Å². The van der Waals surface area contributed by atoms with E-state index in [0.29, 0.717) is 53.4 Å². The highest BCUT2D eigenvalue weighted by atomic mass is 35.5. The number of hydrogen-bond donors (Lipinski definition) is 0. The molecule has 0 bridgehead atoms. The maximum absolute atomic E-state index is 12.6. The Labute approximate surface area is 190 Å². The molecule has 2 aromatic carbocycles. The van der Waals surface area contributed by atoms with Crippen LogP contribution in [0.5, 0.6) is 0 Å². The fraction of sp³-hybridized carbons (Fsp3) is 0.227. The lowest BCUT2D eigenvalue weighted by molar-refractivity contribution is -0.130. The first kappa shape index (κ1) is 20.9. The molecule has 4 rings (SSSR count). The van der Waals surface area contributed by atoms with Crippen LogP contribution in [0.25, 0.3) is 11.3 Å². The van der Waals surface area contributed by atoms with Gasteiger partial charge in [0.1, 0.15) is 0 Å². The number of carbonyl (C=O) groups is 1. The summed E-state index contributed by atoms with van der Waals surface area (Å²) >= 11 is 18.1. The maximum atomic E-state index is 12.6. The minimum absolute atomic E-state index is 0.121. The van der Waals surface area contributed by atoms with E-state index in [-0.39, 0.29) is 5.91 Å². The van der Waals surface area contributed by atoms with Gasteiger partial charge in [0.2, 0.25) is 5.91 Å². The van der Waals surface area contributed by atoms with E-state index in [2.05, 4.69) is 15.1 Å². The summed E-state index contributed by atoms with van der Waals surface area (Å²) < 4.78 is 0. The van der Waals surface area contributed by atoms with E-state index in [1.165, 1.54) is 0 Å². The third kappa shape index (κ3) is 4.86. The number of nitrogens with zero attached hydrogens (tertiary/aromatic N) is 4. The lowest BCUT2D eigenvalue weighted by atomic mass is 10.1. The van der Waals surface area contributed by atoms with E-state index in [1.807, 2.05) is 47.4 Å². The summed E-state index contributed by atoms with van der Waals surface area (Å²) in [7, 11) is 0. The Bertz CT molecular complexity index is 1030. The quantitative estimate of drug-likeness (QED) is 0.549. The molecule has 0 saturated carbocycles. The Kier molecular flexibility index (Phi) is 6.42. The van der Waals surface area contributed by atoms with Gasteiger partial charge in [0, 0.05) is 41.8 Å². The van der Waals surface area contributed by atoms with Gasteiger partial charge in [-0.1, -0.05) is 46.9 Å². The number of aromatic nitrogens is 2. The highest BCUT2D eigenvalue weighted by molar-refractivity contribution is 6.36. The summed E-state index contributed by atoms with van der Waals surface area (Å²) in [6.45, 7) is 2.72. The summed E-state index contributed by atoms with van der Waals surface area (Å²) in [4.78, 5) is 16.6. The largest absolute Gasteiger partial charge is 0.352 e. The van der Waals surface area contributed by atoms with Crippen molar-refractivity contribution in [3.8, 4) is 11.3 Å². The number of halogens is 3. The SMILES string of the molecule is O=C(Cc1ccc(Cl)cc1)N1CCN(c2ccc(-c3ccc(Cl)cc3Cl)nn2)CC1. The van der Waals surface area contributed by atoms with E-state index in [1.54, 1.807) is 12.1 Å². The molecule has 5 nitrogen and oxygen atoms in total. The molecule has 0 spiro atoms. The molecule has 8 heteroatoms. The van der Waals surface area contributed by atoms with Gasteiger partial charge in [-0.3, -0.25) is 4.79 Å². The number of benzene rings is 2. The molecule has 1 fully saturated rings. The van der Waals surface area contributed by atoms with Crippen LogP contribution in [-0.2, 0) is 11.2 Å². The second-order valence-corrected chi connectivity index (χ2v) is 8.35. The van der Waals surface area contributed by atoms with Gasteiger partial charge in [0.25, 0.3) is 0 Å². The third-order valence-electron chi connectivity index (χ3n) is 5.08. The number of anilines is 1. The van der Waals surface area contributed by atoms with E-state index in [0.717, 1.165) is 16.9 Å². The predicted molar refractivity (Wildman–Crippen MR) is 121 cm³/mol. The van der Waals surface area contributed by atoms with Gasteiger partial charge < -0.3 is 9.80 Å². The zero-order valence-corrected chi connectivity index (χ0v) is 18.3. The van der Waals surface area contributed by atoms with Crippen LogP contribution in [0.4, 0.5) is 5.82 Å². The monoisotopic (exact) mass is 460 g/mol. The number of hydrogen-bond acceptors (Lipinski definition) is 4. The fourth-order valence-electron chi connectivity index (χ4n) is 3.41. The first-order valence-electron chi connectivity index (χ1n) is 9.56. The van der Waals surface area contributed by atoms with Gasteiger partial charge in [-0.15, -0.1) is 10.2 Å². The summed E-state index contributed by atoms with van der Waals surface area (Å²) in [5, 5.41) is 10.5. The molecule has 1 amide bonds. The molecule has 0 N–H and O–H groups in total. The summed E-state index contributed by atoms with van der Waals surface area (Å²) in [6, 6.07) is 16.5. The third-order valence-corrected chi connectivity index (χ3v) is 5.88. The lowest BCUT2D eigenvalue weighted by Gasteiger charge is -2.35. The highest BCUT2D eigenvalue weighted by Crippen LogP contribution is 2.29. The second-order valence-electron chi connectivity index (χ2n) is 7.07. The minimum atomic E-state index is 0.121. The Hall–Kier alpha value is -2.34. The van der Waals surface area contributed by atoms with Crippen molar-refractivity contribution in [2.45, 2.75) is 6.42 Å². The average Bonchev–Trinajstić information content (AvgIpc) is 2.76. The number of carbonyl (C=O) groups excluding carboxylic acids is 1. The van der Waals surface area contributed by atoms with Gasteiger partial charge in [0.15, 0.2) is 5.82 Å². The Morgan fingerprint density at radius 2 is 1.53 bits per heavy atom. The number of piperazine rings is 1. The lowest BCUT2D eigenvalue weighted by Crippen LogP contribution is -2.49. The normalized spacial score (nSPS) is 14.1. The molecule has 1 aliphatic heterocycles. The molecule has 1 saturated heterocycles. The molecule has 0 aliphatic carbocycles. The van der Waals surface area contributed by atoms with Gasteiger partial charge >= 0.3 is 0 Å². The van der Waals surface area contributed by atoms with E-state index < -0.39 is 0 Å². The van der Waals surface area contributed by atoms with Crippen LogP contribution in [-0.4, -0.2) is 47.2 Å². The van der Waals surface area contributed by atoms with Gasteiger partial charge in [-0.25, -0.2) is 0 Å². The van der Waals surface area contributed by atoms with Gasteiger partial charge in [-0.2, -0.15) is 0 Å².